The molecule has 1 saturated carbocycles. The fraction of sp³-hybridized carbons (Fsp3) is 0.400. The number of carbonyl (C=O) groups is 1. The molecule has 1 aliphatic carbocycles. The van der Waals surface area contributed by atoms with Crippen LogP contribution in [0.2, 0.25) is 0 Å². The van der Waals surface area contributed by atoms with E-state index in [9.17, 15) is 10.1 Å². The number of ether oxygens (including phenoxy) is 2. The summed E-state index contributed by atoms with van der Waals surface area (Å²) < 4.78 is 11.7. The molecule has 0 spiro atoms. The maximum absolute atomic E-state index is 12.4. The molecule has 1 fully saturated rings. The monoisotopic (exact) mass is 416 g/mol. The van der Waals surface area contributed by atoms with Gasteiger partial charge in [0.15, 0.2) is 11.5 Å². The summed E-state index contributed by atoms with van der Waals surface area (Å²) >= 11 is 3.45. The maximum atomic E-state index is 12.4. The van der Waals surface area contributed by atoms with Crippen molar-refractivity contribution < 1.29 is 14.3 Å². The Balaban J connectivity index is 2.28. The predicted molar refractivity (Wildman–Crippen MR) is 104 cm³/mol. The van der Waals surface area contributed by atoms with Crippen LogP contribution in [-0.2, 0) is 4.79 Å². The molecule has 0 atom stereocenters. The maximum Gasteiger partial charge on any atom is 0.262 e. The van der Waals surface area contributed by atoms with Gasteiger partial charge in [0.2, 0.25) is 0 Å². The summed E-state index contributed by atoms with van der Waals surface area (Å²) in [5.74, 6) is 3.07. The minimum absolute atomic E-state index is 0.0531. The molecule has 1 amide bonds. The first-order valence-electron chi connectivity index (χ1n) is 8.54. The first-order chi connectivity index (χ1) is 12.6. The van der Waals surface area contributed by atoms with Crippen LogP contribution < -0.4 is 14.8 Å². The Kier molecular flexibility index (Phi) is 7.56. The molecule has 0 heterocycles. The van der Waals surface area contributed by atoms with Gasteiger partial charge in [-0.1, -0.05) is 34.7 Å². The average Bonchev–Trinajstić information content (AvgIpc) is 3.13. The molecular formula is C20H21BrN2O3. The lowest BCUT2D eigenvalue weighted by atomic mass is 10.1. The summed E-state index contributed by atoms with van der Waals surface area (Å²) in [5, 5.41) is 12.3. The number of nitrogens with zero attached hydrogens (tertiary/aromatic N) is 1. The van der Waals surface area contributed by atoms with Gasteiger partial charge in [-0.05, 0) is 43.5 Å². The van der Waals surface area contributed by atoms with Crippen molar-refractivity contribution in [1.29, 1.82) is 5.26 Å². The van der Waals surface area contributed by atoms with Crippen molar-refractivity contribution in [3.05, 3.63) is 27.7 Å². The normalized spacial score (nSPS) is 14.4. The molecule has 1 aliphatic rings. The molecule has 26 heavy (non-hydrogen) atoms. The van der Waals surface area contributed by atoms with E-state index in [1.54, 1.807) is 18.2 Å². The number of carbonyl (C=O) groups excluding carboxylic acids is 1. The van der Waals surface area contributed by atoms with Gasteiger partial charge >= 0.3 is 0 Å². The smallest absolute Gasteiger partial charge is 0.262 e. The second-order valence-corrected chi connectivity index (χ2v) is 6.73. The number of halogens is 1. The molecule has 0 unspecified atom stereocenters. The second-order valence-electron chi connectivity index (χ2n) is 5.87. The van der Waals surface area contributed by atoms with Gasteiger partial charge in [-0.3, -0.25) is 4.79 Å². The third-order valence-corrected chi connectivity index (χ3v) is 4.72. The zero-order valence-corrected chi connectivity index (χ0v) is 16.3. The molecule has 1 aromatic carbocycles. The van der Waals surface area contributed by atoms with Gasteiger partial charge in [0.25, 0.3) is 5.91 Å². The first-order valence-corrected chi connectivity index (χ1v) is 9.33. The van der Waals surface area contributed by atoms with E-state index in [-0.39, 0.29) is 24.1 Å². The van der Waals surface area contributed by atoms with E-state index in [1.165, 1.54) is 0 Å². The van der Waals surface area contributed by atoms with Gasteiger partial charge in [-0.15, -0.1) is 6.42 Å². The Bertz CT molecular complexity index is 768. The van der Waals surface area contributed by atoms with E-state index < -0.39 is 0 Å². The summed E-state index contributed by atoms with van der Waals surface area (Å²) in [6.07, 6.45) is 10.9. The zero-order chi connectivity index (χ0) is 18.9. The number of benzene rings is 1. The summed E-state index contributed by atoms with van der Waals surface area (Å²) in [6.45, 7) is 2.43. The third kappa shape index (κ3) is 5.28. The zero-order valence-electron chi connectivity index (χ0n) is 14.7. The fourth-order valence-electron chi connectivity index (χ4n) is 2.80. The number of amides is 1. The number of nitriles is 1. The Morgan fingerprint density at radius 2 is 2.08 bits per heavy atom. The van der Waals surface area contributed by atoms with Gasteiger partial charge in [0, 0.05) is 10.5 Å². The Hall–Kier alpha value is -2.44. The number of hydrogen-bond acceptors (Lipinski definition) is 4. The van der Waals surface area contributed by atoms with Crippen LogP contribution in [0.3, 0.4) is 0 Å². The second kappa shape index (κ2) is 9.89. The minimum Gasteiger partial charge on any atom is -0.490 e. The first kappa shape index (κ1) is 19.9. The highest BCUT2D eigenvalue weighted by Gasteiger charge is 2.20. The van der Waals surface area contributed by atoms with Crippen molar-refractivity contribution in [2.75, 3.05) is 13.2 Å². The van der Waals surface area contributed by atoms with Gasteiger partial charge in [0.05, 0.1) is 6.61 Å². The molecule has 1 aromatic rings. The third-order valence-electron chi connectivity index (χ3n) is 4.03. The summed E-state index contributed by atoms with van der Waals surface area (Å²) in [6, 6.07) is 5.58. The van der Waals surface area contributed by atoms with Gasteiger partial charge in [-0.2, -0.15) is 5.26 Å². The van der Waals surface area contributed by atoms with E-state index in [0.29, 0.717) is 28.1 Å². The number of nitrogens with one attached hydrogen (secondary N) is 1. The van der Waals surface area contributed by atoms with Crippen LogP contribution in [-0.4, -0.2) is 25.2 Å². The van der Waals surface area contributed by atoms with Crippen LogP contribution in [0.15, 0.2) is 22.2 Å². The molecule has 0 aliphatic heterocycles. The van der Waals surface area contributed by atoms with Gasteiger partial charge < -0.3 is 14.8 Å². The van der Waals surface area contributed by atoms with Crippen LogP contribution in [0, 0.1) is 23.7 Å². The molecule has 136 valence electrons. The van der Waals surface area contributed by atoms with Crippen LogP contribution in [0.4, 0.5) is 0 Å². The molecule has 0 bridgehead atoms. The highest BCUT2D eigenvalue weighted by Crippen LogP contribution is 2.35. The van der Waals surface area contributed by atoms with Crippen molar-refractivity contribution in [3.63, 3.8) is 0 Å². The standard InChI is InChI=1S/C20H21BrN2O3/c1-3-9-26-19-12-17(21)14(11-18(19)25-4-2)10-15(13-22)20(24)23-16-7-5-6-8-16/h1,10-12,16H,4-9H2,2H3,(H,23,24)/b15-10-. The summed E-state index contributed by atoms with van der Waals surface area (Å²) in [5.41, 5.74) is 0.706. The van der Waals surface area contributed by atoms with Crippen LogP contribution in [0.5, 0.6) is 11.5 Å². The average molecular weight is 417 g/mol. The van der Waals surface area contributed by atoms with Crippen LogP contribution in [0.1, 0.15) is 38.2 Å². The van der Waals surface area contributed by atoms with Crippen molar-refractivity contribution in [1.82, 2.24) is 5.32 Å². The van der Waals surface area contributed by atoms with E-state index in [1.807, 2.05) is 13.0 Å². The lowest BCUT2D eigenvalue weighted by Gasteiger charge is -2.13. The van der Waals surface area contributed by atoms with E-state index in [2.05, 4.69) is 27.2 Å². The Morgan fingerprint density at radius 3 is 2.69 bits per heavy atom. The van der Waals surface area contributed by atoms with E-state index in [4.69, 9.17) is 15.9 Å². The van der Waals surface area contributed by atoms with Crippen molar-refractivity contribution in [2.24, 2.45) is 0 Å². The van der Waals surface area contributed by atoms with Crippen molar-refractivity contribution >= 4 is 27.9 Å². The molecule has 6 heteroatoms. The Morgan fingerprint density at radius 1 is 1.38 bits per heavy atom. The topological polar surface area (TPSA) is 71.3 Å². The molecule has 0 saturated heterocycles. The molecular weight excluding hydrogens is 396 g/mol. The number of terminal acetylenes is 1. The summed E-state index contributed by atoms with van der Waals surface area (Å²) in [4.78, 5) is 12.4. The van der Waals surface area contributed by atoms with Crippen LogP contribution >= 0.6 is 15.9 Å². The van der Waals surface area contributed by atoms with Gasteiger partial charge in [0.1, 0.15) is 18.2 Å². The molecule has 2 rings (SSSR count). The Labute approximate surface area is 162 Å². The van der Waals surface area contributed by atoms with E-state index >= 15 is 0 Å². The minimum atomic E-state index is -0.350. The van der Waals surface area contributed by atoms with E-state index in [0.717, 1.165) is 25.7 Å². The molecule has 0 radical (unpaired) electrons. The van der Waals surface area contributed by atoms with Crippen molar-refractivity contribution in [3.8, 4) is 29.9 Å². The summed E-state index contributed by atoms with van der Waals surface area (Å²) in [7, 11) is 0. The quantitative estimate of drug-likeness (QED) is 0.416. The van der Waals surface area contributed by atoms with Gasteiger partial charge in [-0.25, -0.2) is 0 Å². The predicted octanol–water partition coefficient (Wildman–Crippen LogP) is 3.83. The van der Waals surface area contributed by atoms with Crippen molar-refractivity contribution in [2.45, 2.75) is 38.6 Å². The highest BCUT2D eigenvalue weighted by molar-refractivity contribution is 9.10. The highest BCUT2D eigenvalue weighted by atomic mass is 79.9. The number of hydrogen-bond donors (Lipinski definition) is 1. The lowest BCUT2D eigenvalue weighted by molar-refractivity contribution is -0.117. The molecule has 0 aromatic heterocycles. The number of rotatable bonds is 7. The molecule has 1 N–H and O–H groups in total. The van der Waals surface area contributed by atoms with Crippen LogP contribution in [0.25, 0.3) is 6.08 Å². The SMILES string of the molecule is C#CCOc1cc(Br)c(/C=C(/C#N)C(=O)NC2CCCC2)cc1OCC. The molecule has 5 nitrogen and oxygen atoms in total. The largest absolute Gasteiger partial charge is 0.490 e. The fourth-order valence-corrected chi connectivity index (χ4v) is 3.24. The lowest BCUT2D eigenvalue weighted by Crippen LogP contribution is -2.33.